The number of carbonyl (C=O) groups is 2. The zero-order valence-corrected chi connectivity index (χ0v) is 18.5. The first-order valence-electron chi connectivity index (χ1n) is 9.70. The summed E-state index contributed by atoms with van der Waals surface area (Å²) in [5.74, 6) is 0.349. The number of hydrogen-bond donors (Lipinski definition) is 1. The standard InChI is InChI=1S/C21H22N4O6S/c1-4-24-20(27)18(12-19(26)22-14-7-5-6-8-16(14)25(28)29)32-21(24)23-15-10-9-13(30-2)11-17(15)31-3/h5-11,18H,4,12H2,1-3H3,(H,22,26)/t18-/m0/s1. The third kappa shape index (κ3) is 4.99. The number of amidine groups is 1. The highest BCUT2D eigenvalue weighted by Crippen LogP contribution is 2.36. The molecular weight excluding hydrogens is 436 g/mol. The van der Waals surface area contributed by atoms with Gasteiger partial charge < -0.3 is 14.8 Å². The maximum Gasteiger partial charge on any atom is 0.292 e. The number of hydrogen-bond acceptors (Lipinski definition) is 8. The van der Waals surface area contributed by atoms with Crippen molar-refractivity contribution in [2.75, 3.05) is 26.1 Å². The second-order valence-electron chi connectivity index (χ2n) is 6.65. The molecule has 0 aromatic heterocycles. The summed E-state index contributed by atoms with van der Waals surface area (Å²) >= 11 is 1.17. The van der Waals surface area contributed by atoms with Gasteiger partial charge in [-0.1, -0.05) is 23.9 Å². The number of para-hydroxylation sites is 2. The lowest BCUT2D eigenvalue weighted by Crippen LogP contribution is -2.33. The smallest absolute Gasteiger partial charge is 0.292 e. The molecule has 2 aromatic rings. The van der Waals surface area contributed by atoms with Crippen molar-refractivity contribution in [3.63, 3.8) is 0 Å². The number of methoxy groups -OCH3 is 2. The monoisotopic (exact) mass is 458 g/mol. The van der Waals surface area contributed by atoms with Gasteiger partial charge in [0.2, 0.25) is 11.8 Å². The SMILES string of the molecule is CCN1C(=O)[C@H](CC(=O)Nc2ccccc2[N+](=O)[O-])SC1=Nc1ccc(OC)cc1OC. The normalized spacial score (nSPS) is 16.8. The summed E-state index contributed by atoms with van der Waals surface area (Å²) in [4.78, 5) is 42.0. The maximum absolute atomic E-state index is 12.8. The molecule has 2 aromatic carbocycles. The molecule has 11 heteroatoms. The molecule has 0 bridgehead atoms. The summed E-state index contributed by atoms with van der Waals surface area (Å²) < 4.78 is 10.6. The molecule has 1 saturated heterocycles. The Morgan fingerprint density at radius 2 is 2.00 bits per heavy atom. The van der Waals surface area contributed by atoms with Gasteiger partial charge in [-0.2, -0.15) is 0 Å². The lowest BCUT2D eigenvalue weighted by molar-refractivity contribution is -0.383. The highest BCUT2D eigenvalue weighted by Gasteiger charge is 2.38. The molecule has 168 valence electrons. The average Bonchev–Trinajstić information content (AvgIpc) is 3.07. The number of nitro benzene ring substituents is 1. The Morgan fingerprint density at radius 1 is 1.25 bits per heavy atom. The van der Waals surface area contributed by atoms with Crippen LogP contribution in [0.4, 0.5) is 17.1 Å². The van der Waals surface area contributed by atoms with E-state index in [0.29, 0.717) is 28.9 Å². The van der Waals surface area contributed by atoms with Gasteiger partial charge in [0.25, 0.3) is 5.69 Å². The first-order chi connectivity index (χ1) is 15.4. The van der Waals surface area contributed by atoms with Crippen LogP contribution in [0.5, 0.6) is 11.5 Å². The van der Waals surface area contributed by atoms with E-state index in [4.69, 9.17) is 9.47 Å². The zero-order valence-electron chi connectivity index (χ0n) is 17.7. The predicted molar refractivity (Wildman–Crippen MR) is 122 cm³/mol. The minimum Gasteiger partial charge on any atom is -0.497 e. The summed E-state index contributed by atoms with van der Waals surface area (Å²) in [6.45, 7) is 2.19. The highest BCUT2D eigenvalue weighted by atomic mass is 32.2. The van der Waals surface area contributed by atoms with E-state index in [0.717, 1.165) is 0 Å². The molecule has 2 amide bonds. The lowest BCUT2D eigenvalue weighted by Gasteiger charge is -2.14. The summed E-state index contributed by atoms with van der Waals surface area (Å²) in [7, 11) is 3.06. The molecule has 1 fully saturated rings. The van der Waals surface area contributed by atoms with E-state index in [-0.39, 0.29) is 23.7 Å². The molecule has 10 nitrogen and oxygen atoms in total. The molecule has 0 aliphatic carbocycles. The molecule has 0 spiro atoms. The van der Waals surface area contributed by atoms with E-state index < -0.39 is 16.1 Å². The Bertz CT molecular complexity index is 1070. The van der Waals surface area contributed by atoms with Crippen molar-refractivity contribution in [3.8, 4) is 11.5 Å². The van der Waals surface area contributed by atoms with Crippen LogP contribution in [0.25, 0.3) is 0 Å². The molecular formula is C21H22N4O6S. The maximum atomic E-state index is 12.8. The van der Waals surface area contributed by atoms with E-state index in [1.807, 2.05) is 6.92 Å². The number of ether oxygens (including phenoxy) is 2. The fraction of sp³-hybridized carbons (Fsp3) is 0.286. The number of nitrogens with one attached hydrogen (secondary N) is 1. The van der Waals surface area contributed by atoms with Crippen LogP contribution in [0, 0.1) is 10.1 Å². The summed E-state index contributed by atoms with van der Waals surface area (Å²) in [6, 6.07) is 11.0. The minimum absolute atomic E-state index is 0.0853. The largest absolute Gasteiger partial charge is 0.497 e. The minimum atomic E-state index is -0.694. The number of amides is 2. The number of aliphatic imine (C=N–C) groups is 1. The van der Waals surface area contributed by atoms with Crippen LogP contribution in [0.3, 0.4) is 0 Å². The van der Waals surface area contributed by atoms with Crippen LogP contribution >= 0.6 is 11.8 Å². The quantitative estimate of drug-likeness (QED) is 0.473. The van der Waals surface area contributed by atoms with Gasteiger partial charge in [0.15, 0.2) is 5.17 Å². The number of nitro groups is 1. The van der Waals surface area contributed by atoms with Gasteiger partial charge in [0.05, 0.1) is 19.1 Å². The molecule has 0 saturated carbocycles. The van der Waals surface area contributed by atoms with Crippen molar-refractivity contribution in [2.45, 2.75) is 18.6 Å². The molecule has 32 heavy (non-hydrogen) atoms. The number of carbonyl (C=O) groups excluding carboxylic acids is 2. The van der Waals surface area contributed by atoms with Gasteiger partial charge in [-0.15, -0.1) is 0 Å². The fourth-order valence-corrected chi connectivity index (χ4v) is 4.32. The second kappa shape index (κ2) is 10.1. The van der Waals surface area contributed by atoms with E-state index in [9.17, 15) is 19.7 Å². The molecule has 1 aliphatic rings. The number of benzene rings is 2. The molecule has 1 aliphatic heterocycles. The number of rotatable bonds is 8. The van der Waals surface area contributed by atoms with Crippen LogP contribution in [0.15, 0.2) is 47.5 Å². The van der Waals surface area contributed by atoms with Crippen LogP contribution < -0.4 is 14.8 Å². The van der Waals surface area contributed by atoms with E-state index >= 15 is 0 Å². The van der Waals surface area contributed by atoms with Crippen LogP contribution in [-0.2, 0) is 9.59 Å². The molecule has 3 rings (SSSR count). The molecule has 0 unspecified atom stereocenters. The predicted octanol–water partition coefficient (Wildman–Crippen LogP) is 3.59. The fourth-order valence-electron chi connectivity index (χ4n) is 3.10. The third-order valence-corrected chi connectivity index (χ3v) is 5.86. The van der Waals surface area contributed by atoms with Gasteiger partial charge in [0.1, 0.15) is 28.1 Å². The van der Waals surface area contributed by atoms with Crippen LogP contribution in [0.1, 0.15) is 13.3 Å². The van der Waals surface area contributed by atoms with E-state index in [1.165, 1.54) is 42.0 Å². The average molecular weight is 458 g/mol. The Kier molecular flexibility index (Phi) is 7.31. The molecule has 1 atom stereocenters. The summed E-state index contributed by atoms with van der Waals surface area (Å²) in [6.07, 6.45) is -0.148. The lowest BCUT2D eigenvalue weighted by atomic mass is 10.2. The van der Waals surface area contributed by atoms with Gasteiger partial charge >= 0.3 is 0 Å². The van der Waals surface area contributed by atoms with Gasteiger partial charge in [0, 0.05) is 25.1 Å². The summed E-state index contributed by atoms with van der Waals surface area (Å²) in [5, 5.41) is 13.4. The van der Waals surface area contributed by atoms with Crippen LogP contribution in [-0.4, -0.2) is 52.8 Å². The highest BCUT2D eigenvalue weighted by molar-refractivity contribution is 8.15. The topological polar surface area (TPSA) is 123 Å². The van der Waals surface area contributed by atoms with Gasteiger partial charge in [-0.3, -0.25) is 24.6 Å². The summed E-state index contributed by atoms with van der Waals surface area (Å²) in [5.41, 5.74) is 0.393. The first-order valence-corrected chi connectivity index (χ1v) is 10.6. The Labute approximate surface area is 188 Å². The molecule has 1 heterocycles. The van der Waals surface area contributed by atoms with Crippen molar-refractivity contribution in [1.29, 1.82) is 0 Å². The van der Waals surface area contributed by atoms with Gasteiger partial charge in [-0.05, 0) is 25.1 Å². The number of anilines is 1. The van der Waals surface area contributed by atoms with Crippen molar-refractivity contribution in [3.05, 3.63) is 52.6 Å². The van der Waals surface area contributed by atoms with E-state index in [1.54, 1.807) is 31.4 Å². The van der Waals surface area contributed by atoms with Crippen molar-refractivity contribution in [2.24, 2.45) is 4.99 Å². The number of nitrogens with zero attached hydrogens (tertiary/aromatic N) is 3. The first kappa shape index (κ1) is 23.1. The molecule has 0 radical (unpaired) electrons. The van der Waals surface area contributed by atoms with Crippen molar-refractivity contribution in [1.82, 2.24) is 4.90 Å². The second-order valence-corrected chi connectivity index (χ2v) is 7.82. The Balaban J connectivity index is 1.78. The van der Waals surface area contributed by atoms with E-state index in [2.05, 4.69) is 10.3 Å². The van der Waals surface area contributed by atoms with Gasteiger partial charge in [-0.25, -0.2) is 4.99 Å². The van der Waals surface area contributed by atoms with Crippen molar-refractivity contribution >= 4 is 45.8 Å². The Hall–Kier alpha value is -3.60. The number of thioether (sulfide) groups is 1. The third-order valence-electron chi connectivity index (χ3n) is 4.68. The van der Waals surface area contributed by atoms with Crippen LogP contribution in [0.2, 0.25) is 0 Å². The molecule has 1 N–H and O–H groups in total. The Morgan fingerprint density at radius 3 is 2.66 bits per heavy atom. The zero-order chi connectivity index (χ0) is 23.3. The van der Waals surface area contributed by atoms with Crippen molar-refractivity contribution < 1.29 is 24.0 Å².